The smallest absolute Gasteiger partial charge is 0.0184 e. The van der Waals surface area contributed by atoms with Crippen molar-refractivity contribution in [2.75, 3.05) is 12.8 Å². The fourth-order valence-electron chi connectivity index (χ4n) is 1.81. The van der Waals surface area contributed by atoms with E-state index in [1.807, 2.05) is 11.8 Å². The van der Waals surface area contributed by atoms with Crippen molar-refractivity contribution in [3.8, 4) is 0 Å². The Bertz CT molecular complexity index is 349. The summed E-state index contributed by atoms with van der Waals surface area (Å²) in [5, 5.41) is 3.43. The lowest BCUT2D eigenvalue weighted by Crippen LogP contribution is -2.34. The predicted octanol–water partition coefficient (Wildman–Crippen LogP) is 4.03. The predicted molar refractivity (Wildman–Crippen MR) is 78.9 cm³/mol. The first-order chi connectivity index (χ1) is 8.08. The van der Waals surface area contributed by atoms with Crippen molar-refractivity contribution in [2.45, 2.75) is 45.1 Å². The van der Waals surface area contributed by atoms with Gasteiger partial charge in [0, 0.05) is 16.7 Å². The van der Waals surface area contributed by atoms with Gasteiger partial charge in [-0.3, -0.25) is 0 Å². The van der Waals surface area contributed by atoms with E-state index in [4.69, 9.17) is 0 Å². The van der Waals surface area contributed by atoms with Gasteiger partial charge in [0.15, 0.2) is 0 Å². The van der Waals surface area contributed by atoms with Crippen LogP contribution >= 0.6 is 11.8 Å². The molecule has 2 heteroatoms. The van der Waals surface area contributed by atoms with Gasteiger partial charge in [-0.1, -0.05) is 26.3 Å². The standard InChI is InChI=1S/C15H25NS/c1-6-11(2)15(16-5)10-17-14-8-7-12(3)13(4)9-14/h7-9,11,15-16H,6,10H2,1-5H3. The maximum absolute atomic E-state index is 3.43. The van der Waals surface area contributed by atoms with E-state index >= 15 is 0 Å². The molecule has 0 heterocycles. The van der Waals surface area contributed by atoms with E-state index in [0.29, 0.717) is 6.04 Å². The fraction of sp³-hybridized carbons (Fsp3) is 0.600. The Labute approximate surface area is 110 Å². The average Bonchev–Trinajstić information content (AvgIpc) is 2.33. The highest BCUT2D eigenvalue weighted by molar-refractivity contribution is 7.99. The van der Waals surface area contributed by atoms with Gasteiger partial charge in [-0.15, -0.1) is 11.8 Å². The van der Waals surface area contributed by atoms with Crippen LogP contribution in [0.3, 0.4) is 0 Å². The lowest BCUT2D eigenvalue weighted by atomic mass is 10.0. The molecule has 0 spiro atoms. The third kappa shape index (κ3) is 4.36. The second-order valence-electron chi connectivity index (χ2n) is 4.84. The monoisotopic (exact) mass is 251 g/mol. The van der Waals surface area contributed by atoms with Crippen molar-refractivity contribution in [1.82, 2.24) is 5.32 Å². The van der Waals surface area contributed by atoms with Gasteiger partial charge in [0.2, 0.25) is 0 Å². The van der Waals surface area contributed by atoms with Crippen LogP contribution in [0, 0.1) is 19.8 Å². The molecule has 96 valence electrons. The second-order valence-corrected chi connectivity index (χ2v) is 5.93. The summed E-state index contributed by atoms with van der Waals surface area (Å²) in [5.74, 6) is 1.88. The van der Waals surface area contributed by atoms with Gasteiger partial charge >= 0.3 is 0 Å². The summed E-state index contributed by atoms with van der Waals surface area (Å²) in [7, 11) is 2.07. The summed E-state index contributed by atoms with van der Waals surface area (Å²) in [4.78, 5) is 1.39. The van der Waals surface area contributed by atoms with Crippen molar-refractivity contribution in [1.29, 1.82) is 0 Å². The first-order valence-electron chi connectivity index (χ1n) is 6.45. The van der Waals surface area contributed by atoms with Gasteiger partial charge in [-0.05, 0) is 50.1 Å². The van der Waals surface area contributed by atoms with Crippen LogP contribution in [0.25, 0.3) is 0 Å². The maximum atomic E-state index is 3.43. The number of thioether (sulfide) groups is 1. The Balaban J connectivity index is 2.56. The SMILES string of the molecule is CCC(C)C(CSc1ccc(C)c(C)c1)NC. The zero-order valence-corrected chi connectivity index (χ0v) is 12.5. The van der Waals surface area contributed by atoms with Crippen LogP contribution in [-0.4, -0.2) is 18.8 Å². The van der Waals surface area contributed by atoms with Crippen LogP contribution in [0.4, 0.5) is 0 Å². The second kappa shape index (κ2) is 7.07. The molecule has 0 aliphatic carbocycles. The summed E-state index contributed by atoms with van der Waals surface area (Å²) in [6.07, 6.45) is 1.24. The van der Waals surface area contributed by atoms with Gasteiger partial charge in [-0.25, -0.2) is 0 Å². The minimum Gasteiger partial charge on any atom is -0.316 e. The molecule has 0 aliphatic heterocycles. The molecule has 0 fully saturated rings. The number of nitrogens with one attached hydrogen (secondary N) is 1. The summed E-state index contributed by atoms with van der Waals surface area (Å²) in [5.41, 5.74) is 2.76. The van der Waals surface area contributed by atoms with Crippen molar-refractivity contribution < 1.29 is 0 Å². The number of benzene rings is 1. The Morgan fingerprint density at radius 3 is 2.47 bits per heavy atom. The average molecular weight is 251 g/mol. The molecule has 1 aromatic rings. The van der Waals surface area contributed by atoms with E-state index in [1.54, 1.807) is 0 Å². The number of aryl methyl sites for hydroxylation is 2. The van der Waals surface area contributed by atoms with Crippen molar-refractivity contribution in [2.24, 2.45) is 5.92 Å². The summed E-state index contributed by atoms with van der Waals surface area (Å²) in [6.45, 7) is 8.93. The quantitative estimate of drug-likeness (QED) is 0.766. The molecule has 1 aromatic carbocycles. The highest BCUT2D eigenvalue weighted by atomic mass is 32.2. The summed E-state index contributed by atoms with van der Waals surface area (Å²) in [6, 6.07) is 7.35. The zero-order chi connectivity index (χ0) is 12.8. The number of hydrogen-bond donors (Lipinski definition) is 1. The minimum atomic E-state index is 0.603. The zero-order valence-electron chi connectivity index (χ0n) is 11.7. The third-order valence-corrected chi connectivity index (χ3v) is 4.72. The lowest BCUT2D eigenvalue weighted by molar-refractivity contribution is 0.420. The van der Waals surface area contributed by atoms with E-state index in [1.165, 1.54) is 22.4 Å². The first-order valence-corrected chi connectivity index (χ1v) is 7.44. The van der Waals surface area contributed by atoms with Crippen LogP contribution in [0.2, 0.25) is 0 Å². The van der Waals surface area contributed by atoms with E-state index in [2.05, 4.69) is 58.3 Å². The van der Waals surface area contributed by atoms with Gasteiger partial charge < -0.3 is 5.32 Å². The topological polar surface area (TPSA) is 12.0 Å². The molecule has 0 saturated heterocycles. The van der Waals surface area contributed by atoms with Gasteiger partial charge in [-0.2, -0.15) is 0 Å². The van der Waals surface area contributed by atoms with Crippen LogP contribution < -0.4 is 5.32 Å². The molecule has 17 heavy (non-hydrogen) atoms. The Morgan fingerprint density at radius 2 is 1.94 bits per heavy atom. The molecule has 0 saturated carbocycles. The molecular weight excluding hydrogens is 226 g/mol. The lowest BCUT2D eigenvalue weighted by Gasteiger charge is -2.22. The van der Waals surface area contributed by atoms with E-state index in [-0.39, 0.29) is 0 Å². The molecule has 0 aromatic heterocycles. The third-order valence-electron chi connectivity index (χ3n) is 3.61. The van der Waals surface area contributed by atoms with Crippen molar-refractivity contribution >= 4 is 11.8 Å². The molecule has 2 atom stereocenters. The van der Waals surface area contributed by atoms with Crippen molar-refractivity contribution in [3.05, 3.63) is 29.3 Å². The van der Waals surface area contributed by atoms with Crippen molar-refractivity contribution in [3.63, 3.8) is 0 Å². The van der Waals surface area contributed by atoms with E-state index < -0.39 is 0 Å². The molecule has 0 amide bonds. The molecule has 1 nitrogen and oxygen atoms in total. The molecule has 0 radical (unpaired) electrons. The molecule has 2 unspecified atom stereocenters. The molecular formula is C15H25NS. The van der Waals surface area contributed by atoms with Crippen LogP contribution in [-0.2, 0) is 0 Å². The van der Waals surface area contributed by atoms with Crippen LogP contribution in [0.5, 0.6) is 0 Å². The Morgan fingerprint density at radius 1 is 1.24 bits per heavy atom. The summed E-state index contributed by atoms with van der Waals surface area (Å²) < 4.78 is 0. The van der Waals surface area contributed by atoms with Crippen LogP contribution in [0.15, 0.2) is 23.1 Å². The van der Waals surface area contributed by atoms with E-state index in [0.717, 1.165) is 11.7 Å². The van der Waals surface area contributed by atoms with Gasteiger partial charge in [0.1, 0.15) is 0 Å². The van der Waals surface area contributed by atoms with Crippen LogP contribution in [0.1, 0.15) is 31.4 Å². The minimum absolute atomic E-state index is 0.603. The number of hydrogen-bond acceptors (Lipinski definition) is 2. The Kier molecular flexibility index (Phi) is 6.07. The normalized spacial score (nSPS) is 14.6. The highest BCUT2D eigenvalue weighted by Crippen LogP contribution is 2.23. The largest absolute Gasteiger partial charge is 0.316 e. The van der Waals surface area contributed by atoms with Gasteiger partial charge in [0.25, 0.3) is 0 Å². The molecule has 0 bridgehead atoms. The first kappa shape index (κ1) is 14.6. The number of rotatable bonds is 6. The molecule has 1 N–H and O–H groups in total. The van der Waals surface area contributed by atoms with Gasteiger partial charge in [0.05, 0.1) is 0 Å². The molecule has 0 aliphatic rings. The molecule has 1 rings (SSSR count). The van der Waals surface area contributed by atoms with E-state index in [9.17, 15) is 0 Å². The summed E-state index contributed by atoms with van der Waals surface area (Å²) >= 11 is 1.96. The fourth-order valence-corrected chi connectivity index (χ4v) is 3.10. The Hall–Kier alpha value is -0.470. The highest BCUT2D eigenvalue weighted by Gasteiger charge is 2.13. The maximum Gasteiger partial charge on any atom is 0.0184 e.